The molecule has 6 heteroatoms. The van der Waals surface area contributed by atoms with E-state index in [0.717, 1.165) is 45.3 Å². The highest BCUT2D eigenvalue weighted by molar-refractivity contribution is 7.88. The third-order valence-electron chi connectivity index (χ3n) is 3.85. The van der Waals surface area contributed by atoms with Gasteiger partial charge in [0.05, 0.1) is 6.26 Å². The van der Waals surface area contributed by atoms with Crippen molar-refractivity contribution in [3.8, 4) is 0 Å². The van der Waals surface area contributed by atoms with Crippen molar-refractivity contribution >= 4 is 22.4 Å². The van der Waals surface area contributed by atoms with E-state index in [1.54, 1.807) is 4.31 Å². The molecule has 1 atom stereocenters. The number of nitrogens with zero attached hydrogens (tertiary/aromatic N) is 1. The molecule has 0 aromatic carbocycles. The van der Waals surface area contributed by atoms with E-state index in [2.05, 4.69) is 5.32 Å². The fraction of sp³-hybridized carbons (Fsp3) is 1.00. The molecule has 1 N–H and O–H groups in total. The molecular formula is C11H23ClN2O2S. The van der Waals surface area contributed by atoms with Crippen LogP contribution in [0.4, 0.5) is 0 Å². The molecule has 2 rings (SSSR count). The van der Waals surface area contributed by atoms with Gasteiger partial charge in [-0.15, -0.1) is 12.4 Å². The molecule has 0 radical (unpaired) electrons. The standard InChI is InChI=1S/C11H22N2O2S.ClH/c1-16(14,15)13-9-3-2-4-11(13)10-5-7-12-8-6-10;/h10-12H,2-9H2,1H3;1H. The first-order valence-electron chi connectivity index (χ1n) is 6.26. The number of hydrogen-bond donors (Lipinski definition) is 1. The van der Waals surface area contributed by atoms with Crippen LogP contribution in [0.15, 0.2) is 0 Å². The topological polar surface area (TPSA) is 49.4 Å². The molecule has 0 amide bonds. The second-order valence-electron chi connectivity index (χ2n) is 5.02. The minimum absolute atomic E-state index is 0. The fourth-order valence-electron chi connectivity index (χ4n) is 3.04. The number of piperidine rings is 2. The zero-order valence-electron chi connectivity index (χ0n) is 10.4. The van der Waals surface area contributed by atoms with Crippen molar-refractivity contribution in [1.29, 1.82) is 0 Å². The molecule has 0 spiro atoms. The third kappa shape index (κ3) is 3.81. The highest BCUT2D eigenvalue weighted by atomic mass is 35.5. The zero-order valence-corrected chi connectivity index (χ0v) is 12.0. The number of rotatable bonds is 2. The Labute approximate surface area is 111 Å². The van der Waals surface area contributed by atoms with Gasteiger partial charge in [0.2, 0.25) is 10.0 Å². The molecule has 2 saturated heterocycles. The van der Waals surface area contributed by atoms with Crippen LogP contribution in [0.3, 0.4) is 0 Å². The predicted octanol–water partition coefficient (Wildman–Crippen LogP) is 1.22. The van der Waals surface area contributed by atoms with Gasteiger partial charge in [-0.3, -0.25) is 0 Å². The molecule has 2 aliphatic rings. The van der Waals surface area contributed by atoms with Crippen molar-refractivity contribution in [3.05, 3.63) is 0 Å². The van der Waals surface area contributed by atoms with Crippen LogP contribution >= 0.6 is 12.4 Å². The average molecular weight is 283 g/mol. The summed E-state index contributed by atoms with van der Waals surface area (Å²) < 4.78 is 25.3. The van der Waals surface area contributed by atoms with Gasteiger partial charge >= 0.3 is 0 Å². The Kier molecular flexibility index (Phi) is 5.70. The van der Waals surface area contributed by atoms with E-state index in [-0.39, 0.29) is 18.4 Å². The van der Waals surface area contributed by atoms with Crippen LogP contribution in [-0.2, 0) is 10.0 Å². The largest absolute Gasteiger partial charge is 0.317 e. The van der Waals surface area contributed by atoms with Crippen molar-refractivity contribution in [2.24, 2.45) is 5.92 Å². The molecule has 102 valence electrons. The molecular weight excluding hydrogens is 260 g/mol. The van der Waals surface area contributed by atoms with Crippen molar-refractivity contribution in [1.82, 2.24) is 9.62 Å². The van der Waals surface area contributed by atoms with Gasteiger partial charge in [0.1, 0.15) is 0 Å². The van der Waals surface area contributed by atoms with Gasteiger partial charge in [-0.1, -0.05) is 6.42 Å². The Morgan fingerprint density at radius 2 is 1.76 bits per heavy atom. The molecule has 0 aliphatic carbocycles. The first-order valence-corrected chi connectivity index (χ1v) is 8.11. The van der Waals surface area contributed by atoms with Gasteiger partial charge in [-0.05, 0) is 44.7 Å². The third-order valence-corrected chi connectivity index (χ3v) is 5.16. The summed E-state index contributed by atoms with van der Waals surface area (Å²) in [5, 5.41) is 3.34. The first kappa shape index (κ1) is 15.2. The normalized spacial score (nSPS) is 28.6. The quantitative estimate of drug-likeness (QED) is 0.829. The Balaban J connectivity index is 0.00000144. The number of nitrogens with one attached hydrogen (secondary N) is 1. The first-order chi connectivity index (χ1) is 7.59. The fourth-order valence-corrected chi connectivity index (χ4v) is 4.27. The summed E-state index contributed by atoms with van der Waals surface area (Å²) in [5.74, 6) is 0.566. The Bertz CT molecular complexity index is 328. The summed E-state index contributed by atoms with van der Waals surface area (Å²) in [6.45, 7) is 2.81. The predicted molar refractivity (Wildman–Crippen MR) is 72.0 cm³/mol. The summed E-state index contributed by atoms with van der Waals surface area (Å²) in [5.41, 5.74) is 0. The molecule has 1 unspecified atom stereocenters. The molecule has 2 aliphatic heterocycles. The monoisotopic (exact) mass is 282 g/mol. The smallest absolute Gasteiger partial charge is 0.211 e. The van der Waals surface area contributed by atoms with Crippen LogP contribution in [0, 0.1) is 5.92 Å². The van der Waals surface area contributed by atoms with Crippen LogP contribution in [0.1, 0.15) is 32.1 Å². The minimum Gasteiger partial charge on any atom is -0.317 e. The van der Waals surface area contributed by atoms with E-state index < -0.39 is 10.0 Å². The average Bonchev–Trinajstić information content (AvgIpc) is 2.29. The van der Waals surface area contributed by atoms with Gasteiger partial charge in [0.15, 0.2) is 0 Å². The maximum atomic E-state index is 11.7. The molecule has 0 aromatic heterocycles. The van der Waals surface area contributed by atoms with Gasteiger partial charge in [0.25, 0.3) is 0 Å². The summed E-state index contributed by atoms with van der Waals surface area (Å²) in [6, 6.07) is 0.269. The lowest BCUT2D eigenvalue weighted by Crippen LogP contribution is -2.49. The number of hydrogen-bond acceptors (Lipinski definition) is 3. The van der Waals surface area contributed by atoms with E-state index >= 15 is 0 Å². The minimum atomic E-state index is -3.01. The van der Waals surface area contributed by atoms with Crippen molar-refractivity contribution in [2.45, 2.75) is 38.1 Å². The van der Waals surface area contributed by atoms with Crippen LogP contribution < -0.4 is 5.32 Å². The maximum Gasteiger partial charge on any atom is 0.211 e. The highest BCUT2D eigenvalue weighted by Gasteiger charge is 2.35. The molecule has 2 fully saturated rings. The van der Waals surface area contributed by atoms with E-state index in [1.807, 2.05) is 0 Å². The maximum absolute atomic E-state index is 11.7. The van der Waals surface area contributed by atoms with E-state index in [4.69, 9.17) is 0 Å². The van der Waals surface area contributed by atoms with E-state index in [0.29, 0.717) is 5.92 Å². The number of halogens is 1. The summed E-state index contributed by atoms with van der Waals surface area (Å²) >= 11 is 0. The van der Waals surface area contributed by atoms with Gasteiger partial charge in [0, 0.05) is 12.6 Å². The lowest BCUT2D eigenvalue weighted by Gasteiger charge is -2.40. The Morgan fingerprint density at radius 1 is 1.12 bits per heavy atom. The molecule has 2 heterocycles. The number of sulfonamides is 1. The van der Waals surface area contributed by atoms with Crippen molar-refractivity contribution < 1.29 is 8.42 Å². The van der Waals surface area contributed by atoms with Gasteiger partial charge in [-0.25, -0.2) is 8.42 Å². The second kappa shape index (κ2) is 6.36. The Morgan fingerprint density at radius 3 is 2.35 bits per heavy atom. The van der Waals surface area contributed by atoms with Crippen LogP contribution in [0.25, 0.3) is 0 Å². The van der Waals surface area contributed by atoms with E-state index in [9.17, 15) is 8.42 Å². The summed E-state index contributed by atoms with van der Waals surface area (Å²) in [6.07, 6.45) is 6.85. The molecule has 17 heavy (non-hydrogen) atoms. The summed E-state index contributed by atoms with van der Waals surface area (Å²) in [4.78, 5) is 0. The zero-order chi connectivity index (χ0) is 11.6. The second-order valence-corrected chi connectivity index (χ2v) is 6.96. The van der Waals surface area contributed by atoms with Gasteiger partial charge in [-0.2, -0.15) is 4.31 Å². The molecule has 0 aromatic rings. The van der Waals surface area contributed by atoms with Crippen molar-refractivity contribution in [3.63, 3.8) is 0 Å². The van der Waals surface area contributed by atoms with Crippen molar-refractivity contribution in [2.75, 3.05) is 25.9 Å². The van der Waals surface area contributed by atoms with Crippen LogP contribution in [0.2, 0.25) is 0 Å². The van der Waals surface area contributed by atoms with Gasteiger partial charge < -0.3 is 5.32 Å². The lowest BCUT2D eigenvalue weighted by atomic mass is 9.85. The molecule has 0 bridgehead atoms. The highest BCUT2D eigenvalue weighted by Crippen LogP contribution is 2.30. The SMILES string of the molecule is CS(=O)(=O)N1CCCCC1C1CCNCC1.Cl. The van der Waals surface area contributed by atoms with Crippen LogP contribution in [0.5, 0.6) is 0 Å². The van der Waals surface area contributed by atoms with E-state index in [1.165, 1.54) is 12.7 Å². The molecule has 4 nitrogen and oxygen atoms in total. The molecule has 0 saturated carbocycles. The summed E-state index contributed by atoms with van der Waals surface area (Å²) in [7, 11) is -3.01. The lowest BCUT2D eigenvalue weighted by molar-refractivity contribution is 0.159. The van der Waals surface area contributed by atoms with Crippen LogP contribution in [-0.4, -0.2) is 44.7 Å². The Hall–Kier alpha value is 0.160.